The van der Waals surface area contributed by atoms with Gasteiger partial charge in [-0.2, -0.15) is 0 Å². The van der Waals surface area contributed by atoms with Gasteiger partial charge >= 0.3 is 0 Å². The summed E-state index contributed by atoms with van der Waals surface area (Å²) in [5.41, 5.74) is 4.26. The molecule has 4 heteroatoms. The zero-order chi connectivity index (χ0) is 9.52. The van der Waals surface area contributed by atoms with E-state index in [9.17, 15) is 0 Å². The molecule has 0 amide bonds. The topological polar surface area (TPSA) is 77.5 Å². The molecule has 2 atom stereocenters. The van der Waals surface area contributed by atoms with E-state index in [-0.39, 0.29) is 0 Å². The fraction of sp³-hybridized carbons (Fsp3) is 1.00. The Morgan fingerprint density at radius 3 is 2.69 bits per heavy atom. The van der Waals surface area contributed by atoms with Crippen molar-refractivity contribution in [3.8, 4) is 0 Å². The number of hydrogen-bond acceptors (Lipinski definition) is 0. The molecule has 13 heavy (non-hydrogen) atoms. The van der Waals surface area contributed by atoms with Crippen molar-refractivity contribution in [3.63, 3.8) is 0 Å². The van der Waals surface area contributed by atoms with Gasteiger partial charge in [0.05, 0.1) is 19.6 Å². The minimum absolute atomic E-state index is 0.638. The van der Waals surface area contributed by atoms with Crippen LogP contribution in [0.3, 0.4) is 0 Å². The van der Waals surface area contributed by atoms with Gasteiger partial charge in [0.15, 0.2) is 0 Å². The van der Waals surface area contributed by atoms with Gasteiger partial charge < -0.3 is 21.7 Å². The molecule has 78 valence electrons. The van der Waals surface area contributed by atoms with Crippen LogP contribution < -0.4 is 21.7 Å². The summed E-state index contributed by atoms with van der Waals surface area (Å²) in [6, 6.07) is 0.638. The molecule has 0 radical (unpaired) electrons. The van der Waals surface area contributed by atoms with E-state index in [1.165, 1.54) is 39.3 Å². The zero-order valence-corrected chi connectivity index (χ0v) is 8.84. The maximum absolute atomic E-state index is 4.26. The second-order valence-electron chi connectivity index (χ2n) is 4.08. The van der Waals surface area contributed by atoms with Crippen molar-refractivity contribution in [2.45, 2.75) is 13.0 Å². The van der Waals surface area contributed by atoms with Gasteiger partial charge in [-0.15, -0.1) is 0 Å². The lowest BCUT2D eigenvalue weighted by molar-refractivity contribution is -0.762. The monoisotopic (exact) mass is 190 g/mol. The first-order valence-corrected chi connectivity index (χ1v) is 5.62. The molecular weight excluding hydrogens is 164 g/mol. The van der Waals surface area contributed by atoms with Gasteiger partial charge in [-0.25, -0.2) is 0 Å². The molecule has 1 aliphatic rings. The van der Waals surface area contributed by atoms with Crippen molar-refractivity contribution in [3.05, 3.63) is 0 Å². The first kappa shape index (κ1) is 10.9. The van der Waals surface area contributed by atoms with E-state index in [2.05, 4.69) is 28.6 Å². The Bertz CT molecular complexity index is 127. The Kier molecular flexibility index (Phi) is 5.31. The summed E-state index contributed by atoms with van der Waals surface area (Å²) in [5.74, 6) is 0.802. The number of nitrogens with two attached hydrogens (primary N) is 3. The maximum atomic E-state index is 4.26. The van der Waals surface area contributed by atoms with E-state index < -0.39 is 0 Å². The highest BCUT2D eigenvalue weighted by Crippen LogP contribution is 1.91. The Morgan fingerprint density at radius 1 is 1.31 bits per heavy atom. The maximum Gasteiger partial charge on any atom is 0.148 e. The highest BCUT2D eigenvalue weighted by atomic mass is 15.0. The van der Waals surface area contributed by atoms with Crippen LogP contribution in [0.5, 0.6) is 0 Å². The van der Waals surface area contributed by atoms with Gasteiger partial charge in [0, 0.05) is 0 Å². The van der Waals surface area contributed by atoms with Gasteiger partial charge in [-0.05, 0) is 6.92 Å². The molecule has 1 aliphatic heterocycles. The molecule has 1 saturated heterocycles. The van der Waals surface area contributed by atoms with Crippen LogP contribution in [0.25, 0.3) is 0 Å². The van der Waals surface area contributed by atoms with Gasteiger partial charge in [0.25, 0.3) is 0 Å². The van der Waals surface area contributed by atoms with Crippen LogP contribution in [-0.4, -0.2) is 45.3 Å². The quantitative estimate of drug-likeness (QED) is 0.344. The second-order valence-corrected chi connectivity index (χ2v) is 4.08. The Morgan fingerprint density at radius 2 is 2.00 bits per heavy atom. The third-order valence-electron chi connectivity index (χ3n) is 2.94. The predicted octanol–water partition coefficient (Wildman–Crippen LogP) is -5.06. The molecule has 1 rings (SSSR count). The Hall–Kier alpha value is -0.160. The smallest absolute Gasteiger partial charge is 0.148 e. The first-order chi connectivity index (χ1) is 6.34. The van der Waals surface area contributed by atoms with Crippen LogP contribution in [0.4, 0.5) is 0 Å². The zero-order valence-electron chi connectivity index (χ0n) is 8.84. The third-order valence-corrected chi connectivity index (χ3v) is 2.94. The summed E-state index contributed by atoms with van der Waals surface area (Å²) in [5, 5.41) is 7.26. The van der Waals surface area contributed by atoms with Crippen molar-refractivity contribution >= 4 is 0 Å². The number of hydrogen-bond donors (Lipinski definition) is 4. The van der Waals surface area contributed by atoms with E-state index in [0.717, 1.165) is 5.92 Å². The second kappa shape index (κ2) is 6.32. The van der Waals surface area contributed by atoms with Crippen molar-refractivity contribution in [1.29, 1.82) is 0 Å². The number of rotatable bonds is 3. The molecule has 1 fully saturated rings. The van der Waals surface area contributed by atoms with Gasteiger partial charge in [-0.3, -0.25) is 0 Å². The van der Waals surface area contributed by atoms with E-state index in [0.29, 0.717) is 6.04 Å². The normalized spacial score (nSPS) is 30.9. The predicted molar refractivity (Wildman–Crippen MR) is 50.8 cm³/mol. The Labute approximate surface area is 80.6 Å². The average Bonchev–Trinajstić information content (AvgIpc) is 2.11. The van der Waals surface area contributed by atoms with E-state index in [4.69, 9.17) is 0 Å². The van der Waals surface area contributed by atoms with Crippen LogP contribution >= 0.6 is 0 Å². The SMILES string of the molecule is CC[NH2+]C[C@H]1C[NH2+]CC[NH2+]C[C@@H]1[NH3+]. The fourth-order valence-electron chi connectivity index (χ4n) is 1.95. The molecule has 0 spiro atoms. The molecule has 0 aromatic carbocycles. The molecule has 9 N–H and O–H groups in total. The molecule has 0 aliphatic carbocycles. The fourth-order valence-corrected chi connectivity index (χ4v) is 1.95. The lowest BCUT2D eigenvalue weighted by atomic mass is 9.99. The van der Waals surface area contributed by atoms with Gasteiger partial charge in [0.2, 0.25) is 0 Å². The molecular formula is C9H26N4+4. The summed E-state index contributed by atoms with van der Waals surface area (Å²) in [6.07, 6.45) is 0. The summed E-state index contributed by atoms with van der Waals surface area (Å²) >= 11 is 0. The highest BCUT2D eigenvalue weighted by molar-refractivity contribution is 4.63. The largest absolute Gasteiger partial charge is 0.350 e. The highest BCUT2D eigenvalue weighted by Gasteiger charge is 2.27. The lowest BCUT2D eigenvalue weighted by Crippen LogP contribution is -3.03. The van der Waals surface area contributed by atoms with Crippen LogP contribution in [0.15, 0.2) is 0 Å². The molecule has 0 unspecified atom stereocenters. The van der Waals surface area contributed by atoms with Crippen LogP contribution in [0.1, 0.15) is 6.92 Å². The summed E-state index contributed by atoms with van der Waals surface area (Å²) in [7, 11) is 0. The number of quaternary nitrogens is 4. The molecule has 0 saturated carbocycles. The molecule has 4 nitrogen and oxygen atoms in total. The summed E-state index contributed by atoms with van der Waals surface area (Å²) < 4.78 is 0. The van der Waals surface area contributed by atoms with Crippen molar-refractivity contribution in [2.75, 3.05) is 39.3 Å². The lowest BCUT2D eigenvalue weighted by Gasteiger charge is -2.19. The van der Waals surface area contributed by atoms with Crippen LogP contribution in [0.2, 0.25) is 0 Å². The molecule has 1 heterocycles. The van der Waals surface area contributed by atoms with Crippen molar-refractivity contribution < 1.29 is 21.7 Å². The van der Waals surface area contributed by atoms with Crippen LogP contribution in [-0.2, 0) is 0 Å². The third kappa shape index (κ3) is 4.04. The minimum atomic E-state index is 0.638. The summed E-state index contributed by atoms with van der Waals surface area (Å²) in [6.45, 7) is 9.71. The minimum Gasteiger partial charge on any atom is -0.350 e. The van der Waals surface area contributed by atoms with Crippen molar-refractivity contribution in [1.82, 2.24) is 0 Å². The summed E-state index contributed by atoms with van der Waals surface area (Å²) in [4.78, 5) is 0. The van der Waals surface area contributed by atoms with E-state index in [1.54, 1.807) is 0 Å². The molecule has 0 bridgehead atoms. The Balaban J connectivity index is 2.28. The first-order valence-electron chi connectivity index (χ1n) is 5.62. The van der Waals surface area contributed by atoms with Gasteiger partial charge in [-0.1, -0.05) is 0 Å². The van der Waals surface area contributed by atoms with E-state index >= 15 is 0 Å². The molecule has 0 aromatic heterocycles. The average molecular weight is 190 g/mol. The van der Waals surface area contributed by atoms with Gasteiger partial charge in [0.1, 0.15) is 31.6 Å². The van der Waals surface area contributed by atoms with E-state index in [1.807, 2.05) is 0 Å². The standard InChI is InChI=1S/C9H22N4/c1-2-11-5-8-6-12-3-4-13-7-9(8)10/h8-9,11-13H,2-7,10H2,1H3/p+4/t8-,9-/m0/s1. The molecule has 0 aromatic rings. The van der Waals surface area contributed by atoms with Crippen molar-refractivity contribution in [2.24, 2.45) is 5.92 Å². The van der Waals surface area contributed by atoms with Crippen LogP contribution in [0, 0.1) is 5.92 Å².